The minimum atomic E-state index is -2.01. The van der Waals surface area contributed by atoms with Crippen molar-refractivity contribution < 1.29 is 19.1 Å². The van der Waals surface area contributed by atoms with Crippen LogP contribution in [0.3, 0.4) is 0 Å². The van der Waals surface area contributed by atoms with Crippen LogP contribution in [0.25, 0.3) is 0 Å². The van der Waals surface area contributed by atoms with E-state index in [9.17, 15) is 9.90 Å². The molecule has 0 aromatic heterocycles. The Kier molecular flexibility index (Phi) is 6.45. The molecule has 1 saturated carbocycles. The van der Waals surface area contributed by atoms with Gasteiger partial charge in [-0.2, -0.15) is 0 Å². The van der Waals surface area contributed by atoms with E-state index in [0.717, 1.165) is 38.5 Å². The van der Waals surface area contributed by atoms with Gasteiger partial charge in [-0.1, -0.05) is 40.0 Å². The largest absolute Gasteiger partial charge is 0.444 e. The zero-order valence-electron chi connectivity index (χ0n) is 18.7. The Hall–Kier alpha value is -0.593. The molecule has 5 nitrogen and oxygen atoms in total. The average Bonchev–Trinajstić information content (AvgIpc) is 2.89. The Balaban J connectivity index is 2.30. The molecule has 2 aliphatic rings. The summed E-state index contributed by atoms with van der Waals surface area (Å²) in [6.07, 6.45) is 4.93. The Morgan fingerprint density at radius 3 is 2.11 bits per heavy atom. The van der Waals surface area contributed by atoms with Crippen molar-refractivity contribution in [1.29, 1.82) is 0 Å². The molecule has 2 fully saturated rings. The van der Waals surface area contributed by atoms with Gasteiger partial charge in [0.1, 0.15) is 5.60 Å². The lowest BCUT2D eigenvalue weighted by Gasteiger charge is -2.46. The first-order chi connectivity index (χ1) is 12.2. The van der Waals surface area contributed by atoms with Crippen LogP contribution in [0.2, 0.25) is 18.1 Å². The Bertz CT molecular complexity index is 529. The third kappa shape index (κ3) is 5.27. The number of hydrogen-bond acceptors (Lipinski definition) is 4. The summed E-state index contributed by atoms with van der Waals surface area (Å²) in [6.45, 7) is 17.4. The van der Waals surface area contributed by atoms with Crippen LogP contribution in [0.15, 0.2) is 0 Å². The zero-order chi connectivity index (χ0) is 20.7. The van der Waals surface area contributed by atoms with Gasteiger partial charge in [0.15, 0.2) is 8.32 Å². The Labute approximate surface area is 166 Å². The van der Waals surface area contributed by atoms with E-state index in [2.05, 4.69) is 33.9 Å². The van der Waals surface area contributed by atoms with Crippen LogP contribution in [0.4, 0.5) is 4.79 Å². The van der Waals surface area contributed by atoms with Gasteiger partial charge < -0.3 is 14.3 Å². The van der Waals surface area contributed by atoms with E-state index in [4.69, 9.17) is 9.16 Å². The van der Waals surface area contributed by atoms with E-state index < -0.39 is 19.5 Å². The lowest BCUT2D eigenvalue weighted by molar-refractivity contribution is -0.0884. The maximum absolute atomic E-state index is 12.9. The predicted molar refractivity (Wildman–Crippen MR) is 111 cm³/mol. The van der Waals surface area contributed by atoms with Crippen LogP contribution in [0.5, 0.6) is 0 Å². The fourth-order valence-corrected chi connectivity index (χ4v) is 5.42. The topological polar surface area (TPSA) is 59.0 Å². The van der Waals surface area contributed by atoms with Gasteiger partial charge in [-0.15, -0.1) is 0 Å². The highest BCUT2D eigenvalue weighted by Gasteiger charge is 2.53. The summed E-state index contributed by atoms with van der Waals surface area (Å²) in [5.74, 6) is 0. The van der Waals surface area contributed by atoms with Crippen molar-refractivity contribution in [3.05, 3.63) is 0 Å². The van der Waals surface area contributed by atoms with Crippen LogP contribution in [0.1, 0.15) is 80.1 Å². The summed E-state index contributed by atoms with van der Waals surface area (Å²) < 4.78 is 12.4. The molecule has 0 radical (unpaired) electrons. The fourth-order valence-electron chi connectivity index (χ4n) is 4.06. The van der Waals surface area contributed by atoms with Gasteiger partial charge in [0.2, 0.25) is 0 Å². The van der Waals surface area contributed by atoms with E-state index in [-0.39, 0.29) is 23.3 Å². The molecule has 2 atom stereocenters. The Morgan fingerprint density at radius 1 is 1.07 bits per heavy atom. The van der Waals surface area contributed by atoms with E-state index in [1.807, 2.05) is 20.8 Å². The quantitative estimate of drug-likeness (QED) is 0.672. The van der Waals surface area contributed by atoms with E-state index >= 15 is 0 Å². The van der Waals surface area contributed by atoms with E-state index in [1.54, 1.807) is 4.90 Å². The highest BCUT2D eigenvalue weighted by atomic mass is 28.4. The van der Waals surface area contributed by atoms with Crippen molar-refractivity contribution >= 4 is 14.4 Å². The number of carbonyl (C=O) groups excluding carboxylic acids is 1. The monoisotopic (exact) mass is 399 g/mol. The number of aliphatic hydroxyl groups is 1. The molecule has 2 rings (SSSR count). The normalized spacial score (nSPS) is 26.9. The molecule has 27 heavy (non-hydrogen) atoms. The second kappa shape index (κ2) is 7.67. The van der Waals surface area contributed by atoms with Crippen molar-refractivity contribution in [2.24, 2.45) is 0 Å². The van der Waals surface area contributed by atoms with Gasteiger partial charge in [0.05, 0.1) is 17.7 Å². The van der Waals surface area contributed by atoms with Crippen LogP contribution < -0.4 is 0 Å². The number of ether oxygens (including phenoxy) is 1. The van der Waals surface area contributed by atoms with Crippen LogP contribution in [0, 0.1) is 0 Å². The SMILES string of the molecule is CC(C)(C)OC(=O)N1CC[C@H](O[Si](C)(C)C(C)(C)C)[C@H]1C1(O)CCCCC1. The van der Waals surface area contributed by atoms with E-state index in [1.165, 1.54) is 0 Å². The standard InChI is InChI=1S/C21H41NO4Si/c1-19(2,3)25-18(23)22-15-12-16(26-27(7,8)20(4,5)6)17(22)21(24)13-10-9-11-14-21/h16-17,24H,9-15H2,1-8H3/t16-,17-/m0/s1. The maximum Gasteiger partial charge on any atom is 0.410 e. The minimum Gasteiger partial charge on any atom is -0.444 e. The molecule has 0 unspecified atom stereocenters. The number of amides is 1. The molecule has 0 spiro atoms. The lowest BCUT2D eigenvalue weighted by Crippen LogP contribution is -2.59. The van der Waals surface area contributed by atoms with Gasteiger partial charge in [0.25, 0.3) is 0 Å². The summed E-state index contributed by atoms with van der Waals surface area (Å²) >= 11 is 0. The summed E-state index contributed by atoms with van der Waals surface area (Å²) in [6, 6.07) is -0.318. The molecule has 1 amide bonds. The predicted octanol–water partition coefficient (Wildman–Crippen LogP) is 5.08. The van der Waals surface area contributed by atoms with E-state index in [0.29, 0.717) is 6.54 Å². The van der Waals surface area contributed by atoms with Crippen LogP contribution in [-0.2, 0) is 9.16 Å². The second-order valence-electron chi connectivity index (χ2n) is 11.0. The average molecular weight is 400 g/mol. The Morgan fingerprint density at radius 2 is 1.63 bits per heavy atom. The number of likely N-dealkylation sites (tertiary alicyclic amines) is 1. The molecule has 6 heteroatoms. The van der Waals surface area contributed by atoms with Gasteiger partial charge >= 0.3 is 6.09 Å². The summed E-state index contributed by atoms with van der Waals surface area (Å²) in [5, 5.41) is 11.6. The fraction of sp³-hybridized carbons (Fsp3) is 0.952. The van der Waals surface area contributed by atoms with Crippen molar-refractivity contribution in [1.82, 2.24) is 4.90 Å². The maximum atomic E-state index is 12.9. The lowest BCUT2D eigenvalue weighted by atomic mass is 9.77. The highest BCUT2D eigenvalue weighted by Crippen LogP contribution is 2.44. The van der Waals surface area contributed by atoms with Gasteiger partial charge in [0, 0.05) is 6.54 Å². The first kappa shape index (κ1) is 22.7. The molecule has 1 N–H and O–H groups in total. The molecule has 1 aliphatic carbocycles. The van der Waals surface area contributed by atoms with Crippen molar-refractivity contribution in [3.8, 4) is 0 Å². The van der Waals surface area contributed by atoms with Gasteiger partial charge in [-0.3, -0.25) is 4.90 Å². The van der Waals surface area contributed by atoms with Crippen molar-refractivity contribution in [2.75, 3.05) is 6.54 Å². The second-order valence-corrected chi connectivity index (χ2v) is 15.7. The van der Waals surface area contributed by atoms with Crippen molar-refractivity contribution in [2.45, 2.75) is 122 Å². The van der Waals surface area contributed by atoms with Gasteiger partial charge in [-0.05, 0) is 58.2 Å². The summed E-state index contributed by atoms with van der Waals surface area (Å²) in [7, 11) is -2.01. The molecule has 0 aromatic rings. The molecule has 158 valence electrons. The molecule has 0 aromatic carbocycles. The summed E-state index contributed by atoms with van der Waals surface area (Å²) in [5.41, 5.74) is -1.42. The van der Waals surface area contributed by atoms with Crippen LogP contribution >= 0.6 is 0 Å². The molecule has 1 saturated heterocycles. The number of carbonyl (C=O) groups is 1. The number of rotatable bonds is 3. The first-order valence-electron chi connectivity index (χ1n) is 10.6. The number of hydrogen-bond donors (Lipinski definition) is 1. The molecule has 0 bridgehead atoms. The van der Waals surface area contributed by atoms with Crippen molar-refractivity contribution in [3.63, 3.8) is 0 Å². The highest BCUT2D eigenvalue weighted by molar-refractivity contribution is 6.74. The van der Waals surface area contributed by atoms with Gasteiger partial charge in [-0.25, -0.2) is 4.79 Å². The third-order valence-corrected chi connectivity index (χ3v) is 11.0. The smallest absolute Gasteiger partial charge is 0.410 e. The molecule has 1 heterocycles. The molecular formula is C21H41NO4Si. The van der Waals surface area contributed by atoms with Crippen LogP contribution in [-0.4, -0.2) is 54.3 Å². The zero-order valence-corrected chi connectivity index (χ0v) is 19.7. The first-order valence-corrected chi connectivity index (χ1v) is 13.5. The molecule has 1 aliphatic heterocycles. The minimum absolute atomic E-state index is 0.0894. The number of nitrogens with zero attached hydrogens (tertiary/aromatic N) is 1. The third-order valence-electron chi connectivity index (χ3n) is 6.49. The molecular weight excluding hydrogens is 358 g/mol. The summed E-state index contributed by atoms with van der Waals surface area (Å²) in [4.78, 5) is 14.7.